The molecule has 0 saturated carbocycles. The van der Waals surface area contributed by atoms with E-state index in [1.165, 1.54) is 0 Å². The number of nitrogens with zero attached hydrogens (tertiary/aromatic N) is 2. The maximum absolute atomic E-state index is 6.28. The lowest BCUT2D eigenvalue weighted by Gasteiger charge is -2.11. The Kier molecular flexibility index (Phi) is 3.47. The number of aromatic nitrogens is 2. The number of benzene rings is 1. The number of imidazole rings is 1. The topological polar surface area (TPSA) is 29.9 Å². The van der Waals surface area contributed by atoms with E-state index in [0.29, 0.717) is 6.54 Å². The van der Waals surface area contributed by atoms with Gasteiger partial charge in [0.1, 0.15) is 0 Å². The van der Waals surface area contributed by atoms with Gasteiger partial charge >= 0.3 is 0 Å². The molecule has 0 aliphatic rings. The molecule has 2 aromatic rings. The molecule has 0 spiro atoms. The molecule has 2 rings (SSSR count). The minimum Gasteiger partial charge on any atom is -0.354 e. The van der Waals surface area contributed by atoms with E-state index in [-0.39, 0.29) is 5.38 Å². The Morgan fingerprint density at radius 1 is 1.38 bits per heavy atom. The first-order valence-corrected chi connectivity index (χ1v) is 5.61. The van der Waals surface area contributed by atoms with E-state index in [9.17, 15) is 0 Å². The predicted molar refractivity (Wildman–Crippen MR) is 66.7 cm³/mol. The number of hydrogen-bond donors (Lipinski definition) is 1. The Labute approximate surface area is 100 Å². The van der Waals surface area contributed by atoms with Gasteiger partial charge in [0.15, 0.2) is 0 Å². The Morgan fingerprint density at radius 3 is 2.75 bits per heavy atom. The van der Waals surface area contributed by atoms with Crippen molar-refractivity contribution in [1.29, 1.82) is 0 Å². The van der Waals surface area contributed by atoms with Gasteiger partial charge in [-0.05, 0) is 5.56 Å². The van der Waals surface area contributed by atoms with Crippen molar-refractivity contribution in [3.05, 3.63) is 48.3 Å². The summed E-state index contributed by atoms with van der Waals surface area (Å²) in [6.07, 6.45) is 3.65. The molecule has 0 radical (unpaired) electrons. The van der Waals surface area contributed by atoms with Crippen LogP contribution in [0.3, 0.4) is 0 Å². The smallest absolute Gasteiger partial charge is 0.202 e. The van der Waals surface area contributed by atoms with E-state index in [1.54, 1.807) is 6.20 Å². The van der Waals surface area contributed by atoms with E-state index in [2.05, 4.69) is 10.3 Å². The largest absolute Gasteiger partial charge is 0.354 e. The molecule has 84 valence electrons. The third-order valence-electron chi connectivity index (χ3n) is 2.42. The van der Waals surface area contributed by atoms with Crippen molar-refractivity contribution in [2.75, 3.05) is 11.9 Å². The summed E-state index contributed by atoms with van der Waals surface area (Å²) in [6.45, 7) is 0.663. The second-order valence-electron chi connectivity index (χ2n) is 3.62. The van der Waals surface area contributed by atoms with Gasteiger partial charge in [0.25, 0.3) is 0 Å². The van der Waals surface area contributed by atoms with Crippen LogP contribution in [0, 0.1) is 0 Å². The summed E-state index contributed by atoms with van der Waals surface area (Å²) in [6, 6.07) is 10.0. The second-order valence-corrected chi connectivity index (χ2v) is 4.15. The molecule has 3 nitrogen and oxygen atoms in total. The maximum Gasteiger partial charge on any atom is 0.202 e. The van der Waals surface area contributed by atoms with Crippen LogP contribution in [0.2, 0.25) is 0 Å². The van der Waals surface area contributed by atoms with Crippen LogP contribution in [0.25, 0.3) is 0 Å². The van der Waals surface area contributed by atoms with Gasteiger partial charge in [-0.25, -0.2) is 4.98 Å². The van der Waals surface area contributed by atoms with Gasteiger partial charge < -0.3 is 9.88 Å². The lowest BCUT2D eigenvalue weighted by atomic mass is 10.1. The van der Waals surface area contributed by atoms with E-state index >= 15 is 0 Å². The van der Waals surface area contributed by atoms with Crippen molar-refractivity contribution in [2.45, 2.75) is 5.38 Å². The fourth-order valence-electron chi connectivity index (χ4n) is 1.50. The number of aryl methyl sites for hydroxylation is 1. The normalized spacial score (nSPS) is 12.4. The minimum atomic E-state index is -0.0436. The molecule has 0 bridgehead atoms. The van der Waals surface area contributed by atoms with Gasteiger partial charge in [0, 0.05) is 26.0 Å². The van der Waals surface area contributed by atoms with E-state index in [0.717, 1.165) is 11.5 Å². The molecule has 1 heterocycles. The molecular formula is C12H14ClN3. The number of nitrogens with one attached hydrogen (secondary N) is 1. The molecule has 0 fully saturated rings. The van der Waals surface area contributed by atoms with Gasteiger partial charge in [0.05, 0.1) is 5.38 Å². The fraction of sp³-hybridized carbons (Fsp3) is 0.250. The summed E-state index contributed by atoms with van der Waals surface area (Å²) in [7, 11) is 1.95. The SMILES string of the molecule is Cn1ccnc1NCC(Cl)c1ccccc1. The maximum atomic E-state index is 6.28. The molecule has 0 aliphatic heterocycles. The number of alkyl halides is 1. The predicted octanol–water partition coefficient (Wildman–Crippen LogP) is 2.81. The van der Waals surface area contributed by atoms with Crippen LogP contribution in [0.4, 0.5) is 5.95 Å². The zero-order chi connectivity index (χ0) is 11.4. The average Bonchev–Trinajstić information content (AvgIpc) is 2.73. The molecule has 4 heteroatoms. The zero-order valence-corrected chi connectivity index (χ0v) is 9.85. The number of halogens is 1. The van der Waals surface area contributed by atoms with Crippen LogP contribution in [0.1, 0.15) is 10.9 Å². The van der Waals surface area contributed by atoms with Crippen LogP contribution in [0.15, 0.2) is 42.7 Å². The van der Waals surface area contributed by atoms with Gasteiger partial charge in [0.2, 0.25) is 5.95 Å². The molecule has 1 atom stereocenters. The van der Waals surface area contributed by atoms with Crippen molar-refractivity contribution in [1.82, 2.24) is 9.55 Å². The molecule has 16 heavy (non-hydrogen) atoms. The van der Waals surface area contributed by atoms with Crippen LogP contribution in [0.5, 0.6) is 0 Å². The highest BCUT2D eigenvalue weighted by Gasteiger charge is 2.07. The summed E-state index contributed by atoms with van der Waals surface area (Å²) in [5, 5.41) is 3.17. The van der Waals surface area contributed by atoms with Crippen LogP contribution < -0.4 is 5.32 Å². The van der Waals surface area contributed by atoms with E-state index in [4.69, 9.17) is 11.6 Å². The second kappa shape index (κ2) is 5.03. The molecule has 1 unspecified atom stereocenters. The van der Waals surface area contributed by atoms with Gasteiger partial charge in [-0.2, -0.15) is 0 Å². The summed E-state index contributed by atoms with van der Waals surface area (Å²) in [4.78, 5) is 4.17. The first-order chi connectivity index (χ1) is 7.77. The number of hydrogen-bond acceptors (Lipinski definition) is 2. The van der Waals surface area contributed by atoms with Crippen LogP contribution in [-0.2, 0) is 7.05 Å². The van der Waals surface area contributed by atoms with E-state index in [1.807, 2.05) is 48.1 Å². The molecule has 1 N–H and O–H groups in total. The Morgan fingerprint density at radius 2 is 2.12 bits per heavy atom. The van der Waals surface area contributed by atoms with Crippen LogP contribution >= 0.6 is 11.6 Å². The molecule has 1 aromatic heterocycles. The molecule has 0 saturated heterocycles. The van der Waals surface area contributed by atoms with Gasteiger partial charge in [-0.1, -0.05) is 30.3 Å². The zero-order valence-electron chi connectivity index (χ0n) is 9.10. The monoisotopic (exact) mass is 235 g/mol. The van der Waals surface area contributed by atoms with Crippen molar-refractivity contribution in [3.63, 3.8) is 0 Å². The lowest BCUT2D eigenvalue weighted by molar-refractivity contribution is 0.880. The number of rotatable bonds is 4. The van der Waals surface area contributed by atoms with E-state index < -0.39 is 0 Å². The average molecular weight is 236 g/mol. The Hall–Kier alpha value is -1.48. The Bertz CT molecular complexity index is 439. The van der Waals surface area contributed by atoms with Crippen molar-refractivity contribution in [2.24, 2.45) is 7.05 Å². The fourth-order valence-corrected chi connectivity index (χ4v) is 1.72. The standard InChI is InChI=1S/C12H14ClN3/c1-16-8-7-14-12(16)15-9-11(13)10-5-3-2-4-6-10/h2-8,11H,9H2,1H3,(H,14,15). The third kappa shape index (κ3) is 2.55. The van der Waals surface area contributed by atoms with Crippen molar-refractivity contribution in [3.8, 4) is 0 Å². The first-order valence-electron chi connectivity index (χ1n) is 5.17. The highest BCUT2D eigenvalue weighted by Crippen LogP contribution is 2.20. The third-order valence-corrected chi connectivity index (χ3v) is 2.83. The van der Waals surface area contributed by atoms with Gasteiger partial charge in [-0.3, -0.25) is 0 Å². The summed E-state index contributed by atoms with van der Waals surface area (Å²) >= 11 is 6.28. The quantitative estimate of drug-likeness (QED) is 0.826. The summed E-state index contributed by atoms with van der Waals surface area (Å²) in [5.41, 5.74) is 1.12. The minimum absolute atomic E-state index is 0.0436. The summed E-state index contributed by atoms with van der Waals surface area (Å²) in [5.74, 6) is 0.835. The Balaban J connectivity index is 1.94. The molecule has 0 aliphatic carbocycles. The summed E-state index contributed by atoms with van der Waals surface area (Å²) < 4.78 is 1.93. The van der Waals surface area contributed by atoms with Crippen molar-refractivity contribution < 1.29 is 0 Å². The highest BCUT2D eigenvalue weighted by atomic mass is 35.5. The molecule has 1 aromatic carbocycles. The molecular weight excluding hydrogens is 222 g/mol. The van der Waals surface area contributed by atoms with Crippen molar-refractivity contribution >= 4 is 17.5 Å². The van der Waals surface area contributed by atoms with Gasteiger partial charge in [-0.15, -0.1) is 11.6 Å². The highest BCUT2D eigenvalue weighted by molar-refractivity contribution is 6.21. The lowest BCUT2D eigenvalue weighted by Crippen LogP contribution is -2.11. The first kappa shape index (κ1) is 11.0. The molecule has 0 amide bonds. The number of anilines is 1. The van der Waals surface area contributed by atoms with Crippen LogP contribution in [-0.4, -0.2) is 16.1 Å².